The van der Waals surface area contributed by atoms with Crippen LogP contribution in [0.4, 0.5) is 5.69 Å². The third kappa shape index (κ3) is 3.38. The molecule has 0 bridgehead atoms. The SMILES string of the molecule is Cc1cc(C)c2cc3c(nc2c1)sc1c(SCC(=O)N2c4ccccc4CC2C)ncnc13. The summed E-state index contributed by atoms with van der Waals surface area (Å²) in [6.45, 7) is 6.33. The fraction of sp³-hybridized carbons (Fsp3) is 0.231. The number of aryl methyl sites for hydroxylation is 2. The molecule has 0 saturated heterocycles. The first-order valence-electron chi connectivity index (χ1n) is 11.0. The third-order valence-electron chi connectivity index (χ3n) is 6.28. The van der Waals surface area contributed by atoms with Gasteiger partial charge in [0.1, 0.15) is 16.2 Å². The van der Waals surface area contributed by atoms with Gasteiger partial charge in [-0.05, 0) is 62.1 Å². The van der Waals surface area contributed by atoms with Crippen LogP contribution in [0.15, 0.2) is 53.8 Å². The maximum Gasteiger partial charge on any atom is 0.237 e. The Kier molecular flexibility index (Phi) is 4.85. The summed E-state index contributed by atoms with van der Waals surface area (Å²) in [5.41, 5.74) is 6.61. The van der Waals surface area contributed by atoms with Crippen LogP contribution in [0.2, 0.25) is 0 Å². The van der Waals surface area contributed by atoms with Crippen LogP contribution in [0.1, 0.15) is 23.6 Å². The minimum absolute atomic E-state index is 0.111. The summed E-state index contributed by atoms with van der Waals surface area (Å²) in [6.07, 6.45) is 2.50. The molecule has 0 spiro atoms. The Morgan fingerprint density at radius 1 is 1.15 bits per heavy atom. The second kappa shape index (κ2) is 7.78. The van der Waals surface area contributed by atoms with Crippen molar-refractivity contribution in [2.75, 3.05) is 10.7 Å². The van der Waals surface area contributed by atoms with Gasteiger partial charge in [0, 0.05) is 22.5 Å². The highest BCUT2D eigenvalue weighted by Gasteiger charge is 2.30. The average Bonchev–Trinajstić information content (AvgIpc) is 3.32. The zero-order chi connectivity index (χ0) is 22.7. The lowest BCUT2D eigenvalue weighted by Gasteiger charge is -2.22. The molecular formula is C26H22N4OS2. The molecule has 5 aromatic rings. The third-order valence-corrected chi connectivity index (χ3v) is 8.48. The molecule has 2 aromatic carbocycles. The highest BCUT2D eigenvalue weighted by molar-refractivity contribution is 8.00. The molecule has 0 aliphatic carbocycles. The summed E-state index contributed by atoms with van der Waals surface area (Å²) < 4.78 is 0.998. The van der Waals surface area contributed by atoms with Crippen LogP contribution >= 0.6 is 23.1 Å². The molecule has 3 aromatic heterocycles. The van der Waals surface area contributed by atoms with Crippen molar-refractivity contribution < 1.29 is 4.79 Å². The maximum atomic E-state index is 13.2. The summed E-state index contributed by atoms with van der Waals surface area (Å²) in [4.78, 5) is 30.1. The minimum atomic E-state index is 0.111. The van der Waals surface area contributed by atoms with Gasteiger partial charge >= 0.3 is 0 Å². The fourth-order valence-electron chi connectivity index (χ4n) is 4.85. The lowest BCUT2D eigenvalue weighted by Crippen LogP contribution is -2.36. The van der Waals surface area contributed by atoms with Crippen LogP contribution in [0, 0.1) is 13.8 Å². The molecule has 7 heteroatoms. The van der Waals surface area contributed by atoms with E-state index >= 15 is 0 Å². The van der Waals surface area contributed by atoms with Gasteiger partial charge in [-0.15, -0.1) is 11.3 Å². The van der Waals surface area contributed by atoms with Crippen molar-refractivity contribution in [2.45, 2.75) is 38.3 Å². The molecule has 6 rings (SSSR count). The molecule has 0 N–H and O–H groups in total. The van der Waals surface area contributed by atoms with E-state index in [4.69, 9.17) is 4.98 Å². The molecule has 0 fully saturated rings. The Bertz CT molecular complexity index is 1580. The number of pyridine rings is 1. The number of thioether (sulfide) groups is 1. The van der Waals surface area contributed by atoms with Crippen LogP contribution < -0.4 is 4.90 Å². The Balaban J connectivity index is 1.35. The molecule has 164 valence electrons. The Morgan fingerprint density at radius 3 is 2.88 bits per heavy atom. The quantitative estimate of drug-likeness (QED) is 0.236. The van der Waals surface area contributed by atoms with E-state index in [0.29, 0.717) is 5.75 Å². The predicted octanol–water partition coefficient (Wildman–Crippen LogP) is 6.08. The van der Waals surface area contributed by atoms with Crippen LogP contribution in [-0.2, 0) is 11.2 Å². The molecule has 4 heterocycles. The van der Waals surface area contributed by atoms with Gasteiger partial charge < -0.3 is 4.90 Å². The van der Waals surface area contributed by atoms with Gasteiger partial charge in [0.05, 0.1) is 21.5 Å². The van der Waals surface area contributed by atoms with E-state index in [-0.39, 0.29) is 11.9 Å². The monoisotopic (exact) mass is 470 g/mol. The topological polar surface area (TPSA) is 59.0 Å². The number of carbonyl (C=O) groups is 1. The molecule has 5 nitrogen and oxygen atoms in total. The number of nitrogens with zero attached hydrogens (tertiary/aromatic N) is 4. The van der Waals surface area contributed by atoms with Crippen molar-refractivity contribution in [3.63, 3.8) is 0 Å². The fourth-order valence-corrected chi connectivity index (χ4v) is 6.90. The van der Waals surface area contributed by atoms with Crippen molar-refractivity contribution in [3.05, 3.63) is 65.5 Å². The van der Waals surface area contributed by atoms with Crippen molar-refractivity contribution in [3.8, 4) is 0 Å². The van der Waals surface area contributed by atoms with Gasteiger partial charge in [0.2, 0.25) is 5.91 Å². The first-order chi connectivity index (χ1) is 16.0. The summed E-state index contributed by atoms with van der Waals surface area (Å²) in [5, 5.41) is 3.04. The van der Waals surface area contributed by atoms with Gasteiger partial charge in [-0.25, -0.2) is 15.0 Å². The summed E-state index contributed by atoms with van der Waals surface area (Å²) in [6, 6.07) is 14.9. The van der Waals surface area contributed by atoms with Crippen LogP contribution in [-0.4, -0.2) is 32.7 Å². The zero-order valence-corrected chi connectivity index (χ0v) is 20.3. The molecule has 0 radical (unpaired) electrons. The lowest BCUT2D eigenvalue weighted by molar-refractivity contribution is -0.116. The standard InChI is InChI=1S/C26H22N4OS2/c1-14-8-15(2)18-11-19-23-24(33-25(19)29-20(18)9-14)26(28-13-27-23)32-12-22(31)30-16(3)10-17-6-4-5-7-21(17)30/h4-9,11,13,16H,10,12H2,1-3H3. The smallest absolute Gasteiger partial charge is 0.237 e. The molecule has 1 unspecified atom stereocenters. The average molecular weight is 471 g/mol. The van der Waals surface area contributed by atoms with E-state index in [0.717, 1.165) is 48.5 Å². The van der Waals surface area contributed by atoms with Crippen molar-refractivity contribution in [1.29, 1.82) is 0 Å². The molecule has 1 aliphatic heterocycles. The number of benzene rings is 2. The predicted molar refractivity (Wildman–Crippen MR) is 138 cm³/mol. The van der Waals surface area contributed by atoms with Crippen LogP contribution in [0.25, 0.3) is 31.3 Å². The Labute approximate surface area is 199 Å². The van der Waals surface area contributed by atoms with E-state index < -0.39 is 0 Å². The molecule has 33 heavy (non-hydrogen) atoms. The highest BCUT2D eigenvalue weighted by Crippen LogP contribution is 2.39. The normalized spacial score (nSPS) is 15.6. The van der Waals surface area contributed by atoms with Crippen molar-refractivity contribution in [2.24, 2.45) is 0 Å². The molecule has 0 saturated carbocycles. The number of anilines is 1. The summed E-state index contributed by atoms with van der Waals surface area (Å²) >= 11 is 3.09. The van der Waals surface area contributed by atoms with Crippen LogP contribution in [0.3, 0.4) is 0 Å². The van der Waals surface area contributed by atoms with Gasteiger partial charge in [-0.3, -0.25) is 4.79 Å². The number of hydrogen-bond acceptors (Lipinski definition) is 6. The first kappa shape index (κ1) is 20.6. The zero-order valence-electron chi connectivity index (χ0n) is 18.6. The molecule has 1 amide bonds. The van der Waals surface area contributed by atoms with Gasteiger partial charge in [0.25, 0.3) is 0 Å². The van der Waals surface area contributed by atoms with E-state index in [1.54, 1.807) is 17.7 Å². The second-order valence-electron chi connectivity index (χ2n) is 8.68. The number of fused-ring (bicyclic) bond motifs is 5. The van der Waals surface area contributed by atoms with E-state index in [9.17, 15) is 4.79 Å². The Hall–Kier alpha value is -3.03. The lowest BCUT2D eigenvalue weighted by atomic mass is 10.1. The van der Waals surface area contributed by atoms with Gasteiger partial charge in [0.15, 0.2) is 0 Å². The highest BCUT2D eigenvalue weighted by atomic mass is 32.2. The van der Waals surface area contributed by atoms with Crippen molar-refractivity contribution in [1.82, 2.24) is 15.0 Å². The van der Waals surface area contributed by atoms with E-state index in [1.165, 1.54) is 28.5 Å². The summed E-state index contributed by atoms with van der Waals surface area (Å²) in [5.74, 6) is 0.451. The number of aromatic nitrogens is 3. The Morgan fingerprint density at radius 2 is 2.00 bits per heavy atom. The maximum absolute atomic E-state index is 13.2. The summed E-state index contributed by atoms with van der Waals surface area (Å²) in [7, 11) is 0. The molecule has 1 atom stereocenters. The number of hydrogen-bond donors (Lipinski definition) is 0. The van der Waals surface area contributed by atoms with Crippen molar-refractivity contribution >= 4 is 66.0 Å². The molecular weight excluding hydrogens is 448 g/mol. The first-order valence-corrected chi connectivity index (χ1v) is 12.8. The van der Waals surface area contributed by atoms with Gasteiger partial charge in [-0.2, -0.15) is 0 Å². The number of carbonyl (C=O) groups excluding carboxylic acids is 1. The number of thiophene rings is 1. The van der Waals surface area contributed by atoms with Crippen LogP contribution in [0.5, 0.6) is 0 Å². The number of rotatable bonds is 3. The van der Waals surface area contributed by atoms with Gasteiger partial charge in [-0.1, -0.05) is 36.0 Å². The van der Waals surface area contributed by atoms with E-state index in [2.05, 4.69) is 55.0 Å². The van der Waals surface area contributed by atoms with E-state index in [1.807, 2.05) is 23.1 Å². The minimum Gasteiger partial charge on any atom is -0.308 e. The largest absolute Gasteiger partial charge is 0.308 e. The number of amides is 1. The number of para-hydroxylation sites is 1. The molecule has 1 aliphatic rings. The second-order valence-corrected chi connectivity index (χ2v) is 10.6.